The van der Waals surface area contributed by atoms with Crippen molar-refractivity contribution in [1.82, 2.24) is 10.3 Å². The zero-order valence-electron chi connectivity index (χ0n) is 11.4. The third-order valence-corrected chi connectivity index (χ3v) is 3.51. The minimum absolute atomic E-state index is 0.0775. The van der Waals surface area contributed by atoms with Crippen molar-refractivity contribution in [2.24, 2.45) is 5.41 Å². The molecule has 0 aliphatic rings. The molecule has 0 saturated heterocycles. The van der Waals surface area contributed by atoms with Crippen molar-refractivity contribution in [1.29, 1.82) is 0 Å². The van der Waals surface area contributed by atoms with Crippen LogP contribution in [0, 0.1) is 5.41 Å². The molecule has 0 fully saturated rings. The summed E-state index contributed by atoms with van der Waals surface area (Å²) < 4.78 is 0.623. The monoisotopic (exact) mass is 362 g/mol. The minimum Gasteiger partial charge on any atom is -0.481 e. The van der Waals surface area contributed by atoms with Crippen molar-refractivity contribution < 1.29 is 14.7 Å². The lowest BCUT2D eigenvalue weighted by Crippen LogP contribution is -2.45. The number of aliphatic carboxylic acids is 1. The van der Waals surface area contributed by atoms with Crippen molar-refractivity contribution in [2.45, 2.75) is 33.2 Å². The van der Waals surface area contributed by atoms with Gasteiger partial charge in [0.1, 0.15) is 5.15 Å². The van der Waals surface area contributed by atoms with Crippen LogP contribution in [0.4, 0.5) is 0 Å². The van der Waals surface area contributed by atoms with Gasteiger partial charge in [0.25, 0.3) is 5.91 Å². The second-order valence-electron chi connectivity index (χ2n) is 5.48. The zero-order chi connectivity index (χ0) is 15.5. The quantitative estimate of drug-likeness (QED) is 0.806. The SMILES string of the molecule is CC(C)(C)C(CC(=O)O)NC(=O)c1cc(Br)cnc1Cl. The summed E-state index contributed by atoms with van der Waals surface area (Å²) in [6, 6.07) is 1.04. The molecule has 0 bridgehead atoms. The number of carbonyl (C=O) groups excluding carboxylic acids is 1. The number of nitrogens with one attached hydrogen (secondary N) is 1. The lowest BCUT2D eigenvalue weighted by molar-refractivity contribution is -0.138. The first kappa shape index (κ1) is 16.9. The Labute approximate surface area is 130 Å². The third kappa shape index (κ3) is 4.76. The number of hydrogen-bond donors (Lipinski definition) is 2. The highest BCUT2D eigenvalue weighted by atomic mass is 79.9. The maximum absolute atomic E-state index is 12.2. The first-order valence-corrected chi connectivity index (χ1v) is 7.12. The number of aromatic nitrogens is 1. The molecular formula is C13H16BrClN2O3. The summed E-state index contributed by atoms with van der Waals surface area (Å²) >= 11 is 9.10. The fourth-order valence-electron chi connectivity index (χ4n) is 1.57. The fourth-order valence-corrected chi connectivity index (χ4v) is 2.09. The average Bonchev–Trinajstić information content (AvgIpc) is 2.29. The molecule has 5 nitrogen and oxygen atoms in total. The van der Waals surface area contributed by atoms with E-state index in [4.69, 9.17) is 16.7 Å². The maximum Gasteiger partial charge on any atom is 0.305 e. The second kappa shape index (κ2) is 6.54. The van der Waals surface area contributed by atoms with Gasteiger partial charge in [-0.1, -0.05) is 32.4 Å². The lowest BCUT2D eigenvalue weighted by atomic mass is 9.84. The summed E-state index contributed by atoms with van der Waals surface area (Å²) in [4.78, 5) is 27.0. The van der Waals surface area contributed by atoms with Crippen LogP contribution in [0.25, 0.3) is 0 Å². The number of carboxylic acid groups (broad SMARTS) is 1. The molecule has 110 valence electrons. The predicted molar refractivity (Wildman–Crippen MR) is 79.9 cm³/mol. The summed E-state index contributed by atoms with van der Waals surface area (Å²) in [5, 5.41) is 11.7. The Balaban J connectivity index is 2.96. The Kier molecular flexibility index (Phi) is 5.53. The number of carboxylic acids is 1. The third-order valence-electron chi connectivity index (χ3n) is 2.78. The summed E-state index contributed by atoms with van der Waals surface area (Å²) in [7, 11) is 0. The first-order valence-electron chi connectivity index (χ1n) is 5.95. The zero-order valence-corrected chi connectivity index (χ0v) is 13.7. The van der Waals surface area contributed by atoms with Crippen LogP contribution in [-0.2, 0) is 4.79 Å². The molecule has 1 amide bonds. The molecule has 0 spiro atoms. The van der Waals surface area contributed by atoms with Gasteiger partial charge in [0.05, 0.1) is 12.0 Å². The number of pyridine rings is 1. The number of halogens is 2. The Morgan fingerprint density at radius 1 is 1.50 bits per heavy atom. The van der Waals surface area contributed by atoms with Crippen LogP contribution < -0.4 is 5.32 Å². The molecule has 1 heterocycles. The van der Waals surface area contributed by atoms with Crippen molar-refractivity contribution in [3.05, 3.63) is 27.5 Å². The van der Waals surface area contributed by atoms with Crippen LogP contribution in [0.15, 0.2) is 16.7 Å². The van der Waals surface area contributed by atoms with E-state index in [2.05, 4.69) is 26.2 Å². The van der Waals surface area contributed by atoms with Gasteiger partial charge in [0, 0.05) is 16.7 Å². The highest BCUT2D eigenvalue weighted by molar-refractivity contribution is 9.10. The molecule has 0 aliphatic carbocycles. The standard InChI is InChI=1S/C13H16BrClN2O3/c1-13(2,3)9(5-10(18)19)17-12(20)8-4-7(14)6-16-11(8)15/h4,6,9H,5H2,1-3H3,(H,17,20)(H,18,19). The molecule has 1 rings (SSSR count). The molecule has 1 aromatic heterocycles. The van der Waals surface area contributed by atoms with E-state index in [-0.39, 0.29) is 22.6 Å². The van der Waals surface area contributed by atoms with Gasteiger partial charge in [-0.15, -0.1) is 0 Å². The highest BCUT2D eigenvalue weighted by Gasteiger charge is 2.29. The molecule has 20 heavy (non-hydrogen) atoms. The van der Waals surface area contributed by atoms with Crippen LogP contribution in [0.1, 0.15) is 37.6 Å². The van der Waals surface area contributed by atoms with Crippen molar-refractivity contribution in [3.63, 3.8) is 0 Å². The molecule has 0 aliphatic heterocycles. The van der Waals surface area contributed by atoms with Gasteiger partial charge in [-0.2, -0.15) is 0 Å². The van der Waals surface area contributed by atoms with Crippen LogP contribution in [0.2, 0.25) is 5.15 Å². The van der Waals surface area contributed by atoms with E-state index in [1.165, 1.54) is 6.20 Å². The Morgan fingerprint density at radius 2 is 2.10 bits per heavy atom. The van der Waals surface area contributed by atoms with Gasteiger partial charge in [-0.3, -0.25) is 9.59 Å². The van der Waals surface area contributed by atoms with Gasteiger partial charge < -0.3 is 10.4 Å². The number of rotatable bonds is 4. The van der Waals surface area contributed by atoms with Crippen LogP contribution in [0.3, 0.4) is 0 Å². The van der Waals surface area contributed by atoms with Crippen molar-refractivity contribution in [3.8, 4) is 0 Å². The van der Waals surface area contributed by atoms with E-state index in [9.17, 15) is 9.59 Å². The summed E-state index contributed by atoms with van der Waals surface area (Å²) in [6.45, 7) is 5.59. The lowest BCUT2D eigenvalue weighted by Gasteiger charge is -2.30. The molecule has 7 heteroatoms. The highest BCUT2D eigenvalue weighted by Crippen LogP contribution is 2.24. The van der Waals surface area contributed by atoms with Crippen molar-refractivity contribution >= 4 is 39.4 Å². The molecule has 0 aromatic carbocycles. The number of carbonyl (C=O) groups is 2. The summed E-state index contributed by atoms with van der Waals surface area (Å²) in [5.41, 5.74) is -0.180. The van der Waals surface area contributed by atoms with Gasteiger partial charge >= 0.3 is 5.97 Å². The molecule has 0 saturated carbocycles. The van der Waals surface area contributed by atoms with E-state index >= 15 is 0 Å². The van der Waals surface area contributed by atoms with E-state index in [0.29, 0.717) is 4.47 Å². The van der Waals surface area contributed by atoms with Gasteiger partial charge in [0.15, 0.2) is 0 Å². The fraction of sp³-hybridized carbons (Fsp3) is 0.462. The topological polar surface area (TPSA) is 79.3 Å². The molecule has 1 atom stereocenters. The Morgan fingerprint density at radius 3 is 2.60 bits per heavy atom. The second-order valence-corrected chi connectivity index (χ2v) is 6.76. The van der Waals surface area contributed by atoms with Gasteiger partial charge in [-0.05, 0) is 27.4 Å². The smallest absolute Gasteiger partial charge is 0.305 e. The summed E-state index contributed by atoms with van der Waals surface area (Å²) in [5.74, 6) is -1.41. The van der Waals surface area contributed by atoms with E-state index < -0.39 is 17.9 Å². The molecule has 0 radical (unpaired) electrons. The van der Waals surface area contributed by atoms with Crippen LogP contribution in [-0.4, -0.2) is 28.0 Å². The van der Waals surface area contributed by atoms with E-state index in [1.807, 2.05) is 20.8 Å². The number of amides is 1. The number of nitrogens with zero attached hydrogens (tertiary/aromatic N) is 1. The minimum atomic E-state index is -0.969. The Bertz CT molecular complexity index is 529. The van der Waals surface area contributed by atoms with E-state index in [0.717, 1.165) is 0 Å². The average molecular weight is 364 g/mol. The molecule has 1 aromatic rings. The normalized spacial score (nSPS) is 12.8. The van der Waals surface area contributed by atoms with Crippen LogP contribution in [0.5, 0.6) is 0 Å². The van der Waals surface area contributed by atoms with Gasteiger partial charge in [0.2, 0.25) is 0 Å². The molecular weight excluding hydrogens is 348 g/mol. The summed E-state index contributed by atoms with van der Waals surface area (Å²) in [6.07, 6.45) is 1.33. The van der Waals surface area contributed by atoms with E-state index in [1.54, 1.807) is 6.07 Å². The van der Waals surface area contributed by atoms with Crippen LogP contribution >= 0.6 is 27.5 Å². The van der Waals surface area contributed by atoms with Crippen molar-refractivity contribution in [2.75, 3.05) is 0 Å². The Hall–Kier alpha value is -1.14. The maximum atomic E-state index is 12.2. The largest absolute Gasteiger partial charge is 0.481 e. The molecule has 2 N–H and O–H groups in total. The molecule has 1 unspecified atom stereocenters. The predicted octanol–water partition coefficient (Wildman–Crippen LogP) is 3.12. The first-order chi connectivity index (χ1) is 9.11. The van der Waals surface area contributed by atoms with Gasteiger partial charge in [-0.25, -0.2) is 4.98 Å². The number of hydrogen-bond acceptors (Lipinski definition) is 3.